The summed E-state index contributed by atoms with van der Waals surface area (Å²) in [6, 6.07) is 5.61. The van der Waals surface area contributed by atoms with Gasteiger partial charge in [-0.1, -0.05) is 6.42 Å². The van der Waals surface area contributed by atoms with Gasteiger partial charge in [0.05, 0.1) is 12.0 Å². The number of carbonyl (C=O) groups excluding carboxylic acids is 1. The number of Topliss-reactive ketones (excluding diaryl/α,β-unsaturated/α-hetero) is 1. The molecule has 1 aromatic rings. The lowest BCUT2D eigenvalue weighted by molar-refractivity contribution is 0.0620. The number of nitrogens with zero attached hydrogens (tertiary/aromatic N) is 3. The molecule has 1 aromatic carbocycles. The van der Waals surface area contributed by atoms with Crippen molar-refractivity contribution in [3.63, 3.8) is 0 Å². The molecule has 138 valence electrons. The van der Waals surface area contributed by atoms with Crippen molar-refractivity contribution < 1.29 is 9.53 Å². The summed E-state index contributed by atoms with van der Waals surface area (Å²) in [6.45, 7) is 3.84. The zero-order chi connectivity index (χ0) is 18.5. The highest BCUT2D eigenvalue weighted by Gasteiger charge is 2.43. The summed E-state index contributed by atoms with van der Waals surface area (Å²) in [5, 5.41) is 0. The van der Waals surface area contributed by atoms with Crippen molar-refractivity contribution >= 4 is 23.4 Å². The number of aliphatic imine (C=N–C) groups is 2. The second-order valence-corrected chi connectivity index (χ2v) is 7.96. The van der Waals surface area contributed by atoms with Gasteiger partial charge in [0.25, 0.3) is 0 Å². The number of fused-ring (bicyclic) bond motifs is 1. The van der Waals surface area contributed by atoms with Gasteiger partial charge in [0.15, 0.2) is 5.78 Å². The van der Waals surface area contributed by atoms with Crippen molar-refractivity contribution in [3.8, 4) is 5.75 Å². The molecular formula is C19H25N5O2. The topological polar surface area (TPSA) is 106 Å². The van der Waals surface area contributed by atoms with Crippen molar-refractivity contribution in [2.24, 2.45) is 21.5 Å². The van der Waals surface area contributed by atoms with Crippen molar-refractivity contribution in [2.75, 3.05) is 4.90 Å². The van der Waals surface area contributed by atoms with E-state index >= 15 is 0 Å². The van der Waals surface area contributed by atoms with Crippen LogP contribution in [0.3, 0.4) is 0 Å². The van der Waals surface area contributed by atoms with Crippen LogP contribution in [0.5, 0.6) is 5.75 Å². The zero-order valence-electron chi connectivity index (χ0n) is 15.3. The Labute approximate surface area is 153 Å². The Balaban J connectivity index is 1.78. The van der Waals surface area contributed by atoms with E-state index in [-0.39, 0.29) is 11.7 Å². The molecule has 2 heterocycles. The highest BCUT2D eigenvalue weighted by atomic mass is 16.5. The highest BCUT2D eigenvalue weighted by Crippen LogP contribution is 2.42. The van der Waals surface area contributed by atoms with Crippen LogP contribution in [0.4, 0.5) is 5.69 Å². The van der Waals surface area contributed by atoms with Gasteiger partial charge in [-0.3, -0.25) is 9.69 Å². The highest BCUT2D eigenvalue weighted by molar-refractivity contribution is 6.07. The van der Waals surface area contributed by atoms with Gasteiger partial charge in [-0.2, -0.15) is 4.99 Å². The Morgan fingerprint density at radius 1 is 1.15 bits per heavy atom. The molecule has 0 aromatic heterocycles. The van der Waals surface area contributed by atoms with Gasteiger partial charge in [0.2, 0.25) is 11.9 Å². The van der Waals surface area contributed by atoms with Crippen molar-refractivity contribution in [1.82, 2.24) is 0 Å². The number of nitrogens with two attached hydrogens (primary N) is 2. The molecule has 2 aliphatic heterocycles. The lowest BCUT2D eigenvalue weighted by Gasteiger charge is -2.46. The maximum absolute atomic E-state index is 12.6. The molecule has 0 saturated heterocycles. The maximum Gasteiger partial charge on any atom is 0.220 e. The summed E-state index contributed by atoms with van der Waals surface area (Å²) in [7, 11) is 0. The predicted octanol–water partition coefficient (Wildman–Crippen LogP) is 2.54. The molecule has 4 rings (SSSR count). The lowest BCUT2D eigenvalue weighted by atomic mass is 9.86. The van der Waals surface area contributed by atoms with Crippen LogP contribution in [0.1, 0.15) is 62.7 Å². The Morgan fingerprint density at radius 2 is 1.88 bits per heavy atom. The molecule has 1 fully saturated rings. The number of ether oxygens (including phenoxy) is 1. The summed E-state index contributed by atoms with van der Waals surface area (Å²) in [6.07, 6.45) is 5.36. The lowest BCUT2D eigenvalue weighted by Crippen LogP contribution is -2.58. The van der Waals surface area contributed by atoms with Crippen molar-refractivity contribution in [2.45, 2.75) is 63.6 Å². The minimum absolute atomic E-state index is 0.0753. The van der Waals surface area contributed by atoms with E-state index in [0.29, 0.717) is 23.7 Å². The Kier molecular flexibility index (Phi) is 3.71. The largest absolute Gasteiger partial charge is 0.487 e. The van der Waals surface area contributed by atoms with E-state index in [2.05, 4.69) is 9.98 Å². The monoisotopic (exact) mass is 355 g/mol. The van der Waals surface area contributed by atoms with E-state index < -0.39 is 11.3 Å². The molecule has 1 spiro atoms. The van der Waals surface area contributed by atoms with E-state index in [0.717, 1.165) is 31.4 Å². The zero-order valence-corrected chi connectivity index (χ0v) is 15.3. The van der Waals surface area contributed by atoms with Crippen molar-refractivity contribution in [3.05, 3.63) is 23.8 Å². The second kappa shape index (κ2) is 5.72. The Morgan fingerprint density at radius 3 is 2.62 bits per heavy atom. The van der Waals surface area contributed by atoms with Gasteiger partial charge in [-0.05, 0) is 57.7 Å². The minimum atomic E-state index is -0.514. The maximum atomic E-state index is 12.6. The number of hydrogen-bond donors (Lipinski definition) is 2. The van der Waals surface area contributed by atoms with E-state index in [9.17, 15) is 4.79 Å². The number of ketones is 1. The van der Waals surface area contributed by atoms with Crippen LogP contribution in [-0.4, -0.2) is 29.0 Å². The van der Waals surface area contributed by atoms with Gasteiger partial charge in [0, 0.05) is 5.69 Å². The molecule has 7 heteroatoms. The third kappa shape index (κ3) is 2.71. The molecule has 1 saturated carbocycles. The first-order chi connectivity index (χ1) is 12.3. The first-order valence-electron chi connectivity index (χ1n) is 9.16. The van der Waals surface area contributed by atoms with Gasteiger partial charge < -0.3 is 16.2 Å². The molecular weight excluding hydrogens is 330 g/mol. The van der Waals surface area contributed by atoms with E-state index in [4.69, 9.17) is 16.2 Å². The molecule has 3 aliphatic rings. The molecule has 7 nitrogen and oxygen atoms in total. The molecule has 4 N–H and O–H groups in total. The van der Waals surface area contributed by atoms with Crippen LogP contribution in [0.15, 0.2) is 28.2 Å². The van der Waals surface area contributed by atoms with Crippen LogP contribution in [0, 0.1) is 0 Å². The third-order valence-electron chi connectivity index (χ3n) is 5.35. The smallest absolute Gasteiger partial charge is 0.220 e. The molecule has 0 amide bonds. The van der Waals surface area contributed by atoms with Gasteiger partial charge in [0.1, 0.15) is 17.0 Å². The fourth-order valence-corrected chi connectivity index (χ4v) is 4.27. The Bertz CT molecular complexity index is 821. The first kappa shape index (κ1) is 16.9. The van der Waals surface area contributed by atoms with E-state index in [1.165, 1.54) is 6.42 Å². The van der Waals surface area contributed by atoms with E-state index in [1.54, 1.807) is 0 Å². The normalized spacial score (nSPS) is 23.8. The summed E-state index contributed by atoms with van der Waals surface area (Å²) in [5.41, 5.74) is 12.6. The second-order valence-electron chi connectivity index (χ2n) is 7.96. The molecule has 1 aliphatic carbocycles. The van der Waals surface area contributed by atoms with Crippen LogP contribution >= 0.6 is 0 Å². The molecule has 0 bridgehead atoms. The average molecular weight is 355 g/mol. The molecule has 0 radical (unpaired) electrons. The van der Waals surface area contributed by atoms with Crippen LogP contribution < -0.4 is 21.1 Å². The quantitative estimate of drug-likeness (QED) is 0.805. The molecule has 0 atom stereocenters. The summed E-state index contributed by atoms with van der Waals surface area (Å²) in [5.74, 6) is 1.23. The molecule has 0 unspecified atom stereocenters. The standard InChI is InChI=1S/C19H25N5O2/c1-18(2)11-14(25)13-10-12(6-7-15(13)26-18)24-17(21)22-16(20)23-19(24)8-4-3-5-9-19/h6-7,10H,3-5,8-9,11H2,1-2H3,(H4,20,21,22,23). The SMILES string of the molecule is CC1(C)CC(=O)c2cc(N3C(N)=NC(N)=NC34CCCCC4)ccc2O1. The van der Waals surface area contributed by atoms with E-state index in [1.807, 2.05) is 36.9 Å². The average Bonchev–Trinajstić information content (AvgIpc) is 2.54. The number of carbonyl (C=O) groups is 1. The number of anilines is 1. The molecule has 26 heavy (non-hydrogen) atoms. The van der Waals surface area contributed by atoms with Crippen LogP contribution in [-0.2, 0) is 0 Å². The number of guanidine groups is 2. The fourth-order valence-electron chi connectivity index (χ4n) is 4.27. The first-order valence-corrected chi connectivity index (χ1v) is 9.16. The summed E-state index contributed by atoms with van der Waals surface area (Å²) >= 11 is 0. The van der Waals surface area contributed by atoms with Gasteiger partial charge in [-0.15, -0.1) is 0 Å². The van der Waals surface area contributed by atoms with Crippen LogP contribution in [0.25, 0.3) is 0 Å². The Hall–Kier alpha value is -2.57. The summed E-state index contributed by atoms with van der Waals surface area (Å²) < 4.78 is 5.96. The number of hydrogen-bond acceptors (Lipinski definition) is 7. The fraction of sp³-hybridized carbons (Fsp3) is 0.526. The van der Waals surface area contributed by atoms with Gasteiger partial charge >= 0.3 is 0 Å². The van der Waals surface area contributed by atoms with Crippen LogP contribution in [0.2, 0.25) is 0 Å². The van der Waals surface area contributed by atoms with Gasteiger partial charge in [-0.25, -0.2) is 4.99 Å². The van der Waals surface area contributed by atoms with Crippen molar-refractivity contribution in [1.29, 1.82) is 0 Å². The number of benzene rings is 1. The predicted molar refractivity (Wildman–Crippen MR) is 102 cm³/mol. The third-order valence-corrected chi connectivity index (χ3v) is 5.35. The summed E-state index contributed by atoms with van der Waals surface area (Å²) in [4.78, 5) is 23.4. The number of rotatable bonds is 1. The minimum Gasteiger partial charge on any atom is -0.487 e.